The van der Waals surface area contributed by atoms with Gasteiger partial charge in [-0.05, 0) is 31.0 Å². The van der Waals surface area contributed by atoms with Crippen LogP contribution in [0.15, 0.2) is 12.1 Å². The summed E-state index contributed by atoms with van der Waals surface area (Å²) in [4.78, 5) is 0. The number of hydrogen-bond donors (Lipinski definition) is 1. The first-order chi connectivity index (χ1) is 6.06. The summed E-state index contributed by atoms with van der Waals surface area (Å²) < 4.78 is 25.5. The molecule has 0 saturated heterocycles. The molecule has 1 aromatic rings. The van der Waals surface area contributed by atoms with Gasteiger partial charge in [0.2, 0.25) is 0 Å². The van der Waals surface area contributed by atoms with Crippen molar-refractivity contribution in [3.63, 3.8) is 0 Å². The highest BCUT2D eigenvalue weighted by atomic mass is 19.1. The number of benzene rings is 1. The van der Waals surface area contributed by atoms with Gasteiger partial charge in [-0.15, -0.1) is 0 Å². The second kappa shape index (κ2) is 3.83. The van der Waals surface area contributed by atoms with E-state index in [0.717, 1.165) is 0 Å². The minimum Gasteiger partial charge on any atom is -0.324 e. The second-order valence-electron chi connectivity index (χ2n) is 3.22. The predicted octanol–water partition coefficient (Wildman–Crippen LogP) is 2.62. The number of hydrogen-bond acceptors (Lipinski definition) is 1. The molecule has 0 aliphatic heterocycles. The molecule has 0 amide bonds. The Morgan fingerprint density at radius 2 is 2.08 bits per heavy atom. The van der Waals surface area contributed by atoms with Crippen molar-refractivity contribution in [2.24, 2.45) is 5.73 Å². The lowest BCUT2D eigenvalue weighted by molar-refractivity contribution is 0.461. The monoisotopic (exact) mass is 185 g/mol. The van der Waals surface area contributed by atoms with Gasteiger partial charge in [-0.25, -0.2) is 8.78 Å². The van der Waals surface area contributed by atoms with Gasteiger partial charge in [0.1, 0.15) is 12.5 Å². The minimum absolute atomic E-state index is 0.129. The van der Waals surface area contributed by atoms with Gasteiger partial charge < -0.3 is 5.73 Å². The molecule has 0 spiro atoms. The van der Waals surface area contributed by atoms with Gasteiger partial charge >= 0.3 is 0 Å². The Hall–Kier alpha value is -0.960. The van der Waals surface area contributed by atoms with Crippen molar-refractivity contribution in [3.8, 4) is 0 Å². The Labute approximate surface area is 76.6 Å². The molecule has 0 fully saturated rings. The molecule has 0 aliphatic rings. The summed E-state index contributed by atoms with van der Waals surface area (Å²) in [7, 11) is 0. The molecule has 2 N–H and O–H groups in total. The van der Waals surface area contributed by atoms with Crippen LogP contribution in [0.5, 0.6) is 0 Å². The highest BCUT2D eigenvalue weighted by Gasteiger charge is 2.09. The van der Waals surface area contributed by atoms with Crippen molar-refractivity contribution < 1.29 is 8.78 Å². The number of aryl methyl sites for hydroxylation is 1. The van der Waals surface area contributed by atoms with Gasteiger partial charge in [0.05, 0.1) is 0 Å². The van der Waals surface area contributed by atoms with Gasteiger partial charge in [0.25, 0.3) is 0 Å². The van der Waals surface area contributed by atoms with Crippen molar-refractivity contribution >= 4 is 0 Å². The van der Waals surface area contributed by atoms with Crippen molar-refractivity contribution in [1.29, 1.82) is 0 Å². The average Bonchev–Trinajstić information content (AvgIpc) is 2.03. The van der Waals surface area contributed by atoms with Crippen LogP contribution in [0.1, 0.15) is 29.7 Å². The summed E-state index contributed by atoms with van der Waals surface area (Å²) in [5.41, 5.74) is 7.03. The fourth-order valence-electron chi connectivity index (χ4n) is 1.23. The van der Waals surface area contributed by atoms with Crippen LogP contribution in [0.4, 0.5) is 8.78 Å². The van der Waals surface area contributed by atoms with Gasteiger partial charge in [-0.1, -0.05) is 6.07 Å². The maximum absolute atomic E-state index is 13.2. The van der Waals surface area contributed by atoms with E-state index >= 15 is 0 Å². The largest absolute Gasteiger partial charge is 0.324 e. The van der Waals surface area contributed by atoms with E-state index in [1.165, 1.54) is 6.07 Å². The highest BCUT2D eigenvalue weighted by molar-refractivity contribution is 5.33. The van der Waals surface area contributed by atoms with Crippen molar-refractivity contribution in [2.45, 2.75) is 26.6 Å². The number of alkyl halides is 1. The summed E-state index contributed by atoms with van der Waals surface area (Å²) in [6.45, 7) is 2.68. The van der Waals surface area contributed by atoms with Crippen molar-refractivity contribution in [2.75, 3.05) is 0 Å². The van der Waals surface area contributed by atoms with E-state index in [1.807, 2.05) is 0 Å². The van der Waals surface area contributed by atoms with E-state index in [0.29, 0.717) is 11.1 Å². The van der Waals surface area contributed by atoms with Crippen LogP contribution in [-0.2, 0) is 6.67 Å². The highest BCUT2D eigenvalue weighted by Crippen LogP contribution is 2.20. The molecule has 1 nitrogen and oxygen atoms in total. The maximum Gasteiger partial charge on any atom is 0.129 e. The van der Waals surface area contributed by atoms with Gasteiger partial charge in [-0.2, -0.15) is 0 Å². The first-order valence-corrected chi connectivity index (χ1v) is 4.16. The Morgan fingerprint density at radius 3 is 2.46 bits per heavy atom. The molecular formula is C10H13F2N. The fourth-order valence-corrected chi connectivity index (χ4v) is 1.23. The number of nitrogens with two attached hydrogens (primary N) is 1. The van der Waals surface area contributed by atoms with Crippen LogP contribution in [-0.4, -0.2) is 0 Å². The first kappa shape index (κ1) is 10.1. The first-order valence-electron chi connectivity index (χ1n) is 4.16. The Bertz CT molecular complexity index is 285. The molecule has 1 atom stereocenters. The third-order valence-electron chi connectivity index (χ3n) is 2.10. The predicted molar refractivity (Wildman–Crippen MR) is 48.6 cm³/mol. The molecule has 13 heavy (non-hydrogen) atoms. The average molecular weight is 185 g/mol. The van der Waals surface area contributed by atoms with Crippen LogP contribution in [0.3, 0.4) is 0 Å². The summed E-state index contributed by atoms with van der Waals surface area (Å²) in [6, 6.07) is 2.80. The van der Waals surface area contributed by atoms with E-state index in [2.05, 4.69) is 0 Å². The van der Waals surface area contributed by atoms with Crippen LogP contribution in [0, 0.1) is 12.7 Å². The molecule has 0 aliphatic carbocycles. The summed E-state index contributed by atoms with van der Waals surface area (Å²) in [5.74, 6) is -0.505. The second-order valence-corrected chi connectivity index (χ2v) is 3.22. The Kier molecular flexibility index (Phi) is 2.98. The zero-order valence-electron chi connectivity index (χ0n) is 7.77. The standard InChI is InChI=1S/C10H13F2N/c1-6-3-8(7(2)13)4-10(12)9(6)5-11/h3-4,7H,5,13H2,1-2H3. The summed E-state index contributed by atoms with van der Waals surface area (Å²) in [6.07, 6.45) is 0. The summed E-state index contributed by atoms with van der Waals surface area (Å²) >= 11 is 0. The minimum atomic E-state index is -0.767. The fraction of sp³-hybridized carbons (Fsp3) is 0.400. The molecule has 1 unspecified atom stereocenters. The van der Waals surface area contributed by atoms with Gasteiger partial charge in [0.15, 0.2) is 0 Å². The molecular weight excluding hydrogens is 172 g/mol. The Balaban J connectivity index is 3.20. The molecule has 0 heterocycles. The zero-order valence-corrected chi connectivity index (χ0v) is 7.77. The molecule has 0 aromatic heterocycles. The normalized spacial score (nSPS) is 13.0. The molecule has 0 bridgehead atoms. The molecule has 1 aromatic carbocycles. The third kappa shape index (κ3) is 2.04. The lowest BCUT2D eigenvalue weighted by Gasteiger charge is -2.10. The lowest BCUT2D eigenvalue weighted by Crippen LogP contribution is -2.07. The molecule has 1 rings (SSSR count). The van der Waals surface area contributed by atoms with Crippen molar-refractivity contribution in [3.05, 3.63) is 34.6 Å². The number of rotatable bonds is 2. The van der Waals surface area contributed by atoms with Crippen molar-refractivity contribution in [1.82, 2.24) is 0 Å². The number of halogens is 2. The maximum atomic E-state index is 13.2. The van der Waals surface area contributed by atoms with Crippen LogP contribution in [0.2, 0.25) is 0 Å². The topological polar surface area (TPSA) is 26.0 Å². The summed E-state index contributed by atoms with van der Waals surface area (Å²) in [5, 5.41) is 0. The van der Waals surface area contributed by atoms with E-state index in [9.17, 15) is 8.78 Å². The van der Waals surface area contributed by atoms with Gasteiger partial charge in [-0.3, -0.25) is 0 Å². The van der Waals surface area contributed by atoms with E-state index in [1.54, 1.807) is 19.9 Å². The molecule has 72 valence electrons. The zero-order chi connectivity index (χ0) is 10.0. The quantitative estimate of drug-likeness (QED) is 0.753. The van der Waals surface area contributed by atoms with E-state index in [4.69, 9.17) is 5.73 Å². The molecule has 3 heteroatoms. The van der Waals surface area contributed by atoms with E-state index < -0.39 is 12.5 Å². The van der Waals surface area contributed by atoms with Crippen LogP contribution < -0.4 is 5.73 Å². The Morgan fingerprint density at radius 1 is 1.46 bits per heavy atom. The lowest BCUT2D eigenvalue weighted by atomic mass is 10.0. The van der Waals surface area contributed by atoms with Crippen LogP contribution >= 0.6 is 0 Å². The smallest absolute Gasteiger partial charge is 0.129 e. The third-order valence-corrected chi connectivity index (χ3v) is 2.10. The molecule has 0 radical (unpaired) electrons. The van der Waals surface area contributed by atoms with E-state index in [-0.39, 0.29) is 11.6 Å². The van der Waals surface area contributed by atoms with Crippen LogP contribution in [0.25, 0.3) is 0 Å². The molecule has 0 saturated carbocycles. The van der Waals surface area contributed by atoms with Gasteiger partial charge in [0, 0.05) is 11.6 Å². The SMILES string of the molecule is Cc1cc(C(C)N)cc(F)c1CF.